The predicted molar refractivity (Wildman–Crippen MR) is 67.3 cm³/mol. The molecule has 2 N–H and O–H groups in total. The Kier molecular flexibility index (Phi) is 3.35. The first kappa shape index (κ1) is 11.9. The maximum Gasteiger partial charge on any atom is 0.253 e. The number of rotatable bonds is 2. The highest BCUT2D eigenvalue weighted by molar-refractivity contribution is 7.99. The third-order valence-corrected chi connectivity index (χ3v) is 3.59. The summed E-state index contributed by atoms with van der Waals surface area (Å²) in [4.78, 5) is 20.1. The lowest BCUT2D eigenvalue weighted by Gasteiger charge is -2.07. The molecular formula is C10H9ClN4OS. The van der Waals surface area contributed by atoms with E-state index in [-0.39, 0.29) is 5.56 Å². The molecule has 0 unspecified atom stereocenters. The van der Waals surface area contributed by atoms with Crippen molar-refractivity contribution in [2.45, 2.75) is 10.1 Å². The van der Waals surface area contributed by atoms with Gasteiger partial charge in [-0.15, -0.1) is 0 Å². The van der Waals surface area contributed by atoms with E-state index >= 15 is 0 Å². The summed E-state index contributed by atoms with van der Waals surface area (Å²) in [6.45, 7) is 0. The van der Waals surface area contributed by atoms with Crippen molar-refractivity contribution in [3.05, 3.63) is 39.9 Å². The minimum absolute atomic E-state index is 0.124. The topological polar surface area (TPSA) is 73.8 Å². The SMILES string of the molecule is Cn1c(Sc2cc(N)ncc2Cl)nccc1=O. The summed E-state index contributed by atoms with van der Waals surface area (Å²) in [7, 11) is 1.65. The number of hydrogen-bond acceptors (Lipinski definition) is 5. The summed E-state index contributed by atoms with van der Waals surface area (Å²) in [5.41, 5.74) is 5.45. The number of aromatic nitrogens is 3. The van der Waals surface area contributed by atoms with Gasteiger partial charge in [0, 0.05) is 30.4 Å². The van der Waals surface area contributed by atoms with Gasteiger partial charge in [-0.2, -0.15) is 0 Å². The molecule has 0 amide bonds. The number of halogens is 1. The molecule has 0 radical (unpaired) electrons. The average molecular weight is 269 g/mol. The van der Waals surface area contributed by atoms with Crippen LogP contribution >= 0.6 is 23.4 Å². The Labute approximate surface area is 107 Å². The van der Waals surface area contributed by atoms with Crippen LogP contribution in [0.1, 0.15) is 0 Å². The van der Waals surface area contributed by atoms with Crippen molar-refractivity contribution < 1.29 is 0 Å². The average Bonchev–Trinajstić information content (AvgIpc) is 2.30. The molecule has 88 valence electrons. The second-order valence-corrected chi connectivity index (χ2v) is 4.68. The normalized spacial score (nSPS) is 10.5. The molecule has 0 atom stereocenters. The summed E-state index contributed by atoms with van der Waals surface area (Å²) in [6, 6.07) is 3.04. The van der Waals surface area contributed by atoms with Gasteiger partial charge in [-0.1, -0.05) is 11.6 Å². The first-order valence-electron chi connectivity index (χ1n) is 4.69. The highest BCUT2D eigenvalue weighted by Gasteiger charge is 2.08. The van der Waals surface area contributed by atoms with E-state index in [1.807, 2.05) is 0 Å². The smallest absolute Gasteiger partial charge is 0.253 e. The quantitative estimate of drug-likeness (QED) is 0.837. The van der Waals surface area contributed by atoms with Crippen LogP contribution in [0.3, 0.4) is 0 Å². The maximum absolute atomic E-state index is 11.4. The van der Waals surface area contributed by atoms with Gasteiger partial charge >= 0.3 is 0 Å². The van der Waals surface area contributed by atoms with E-state index in [4.69, 9.17) is 17.3 Å². The molecule has 2 rings (SSSR count). The summed E-state index contributed by atoms with van der Waals surface area (Å²) in [6.07, 6.45) is 2.93. The summed E-state index contributed by atoms with van der Waals surface area (Å²) in [5, 5.41) is 1.02. The van der Waals surface area contributed by atoms with E-state index in [2.05, 4.69) is 9.97 Å². The molecule has 0 saturated carbocycles. The summed E-state index contributed by atoms with van der Waals surface area (Å²) in [5.74, 6) is 0.373. The first-order chi connectivity index (χ1) is 8.08. The van der Waals surface area contributed by atoms with E-state index in [0.29, 0.717) is 20.9 Å². The standard InChI is InChI=1S/C10H9ClN4OS/c1-15-9(16)2-3-13-10(15)17-7-4-8(12)14-5-6(7)11/h2-5H,1H3,(H2,12,14). The molecule has 7 heteroatoms. The highest BCUT2D eigenvalue weighted by atomic mass is 35.5. The summed E-state index contributed by atoms with van der Waals surface area (Å²) >= 11 is 7.25. The zero-order valence-corrected chi connectivity index (χ0v) is 10.5. The predicted octanol–water partition coefficient (Wildman–Crippen LogP) is 1.56. The van der Waals surface area contributed by atoms with Crippen LogP contribution in [0.4, 0.5) is 5.82 Å². The van der Waals surface area contributed by atoms with E-state index in [9.17, 15) is 4.79 Å². The number of hydrogen-bond donors (Lipinski definition) is 1. The van der Waals surface area contributed by atoms with Crippen molar-refractivity contribution in [3.8, 4) is 0 Å². The molecule has 0 aliphatic rings. The second-order valence-electron chi connectivity index (χ2n) is 3.27. The monoisotopic (exact) mass is 268 g/mol. The van der Waals surface area contributed by atoms with E-state index in [1.54, 1.807) is 13.1 Å². The fourth-order valence-electron chi connectivity index (χ4n) is 1.16. The van der Waals surface area contributed by atoms with Crippen LogP contribution in [0, 0.1) is 0 Å². The molecule has 0 spiro atoms. The number of nitrogens with two attached hydrogens (primary N) is 1. The number of nitrogens with zero attached hydrogens (tertiary/aromatic N) is 3. The zero-order valence-electron chi connectivity index (χ0n) is 8.92. The van der Waals surface area contributed by atoms with Gasteiger partial charge in [0.15, 0.2) is 5.16 Å². The molecule has 0 aliphatic carbocycles. The lowest BCUT2D eigenvalue weighted by molar-refractivity contribution is 0.708. The van der Waals surface area contributed by atoms with Crippen LogP contribution in [0.5, 0.6) is 0 Å². The van der Waals surface area contributed by atoms with E-state index < -0.39 is 0 Å². The van der Waals surface area contributed by atoms with Crippen LogP contribution in [-0.2, 0) is 7.05 Å². The van der Waals surface area contributed by atoms with Crippen LogP contribution in [0.15, 0.2) is 39.4 Å². The molecule has 5 nitrogen and oxygen atoms in total. The molecule has 2 heterocycles. The van der Waals surface area contributed by atoms with Crippen molar-refractivity contribution in [1.29, 1.82) is 0 Å². The molecule has 0 aliphatic heterocycles. The Morgan fingerprint density at radius 1 is 1.47 bits per heavy atom. The molecule has 0 aromatic carbocycles. The Balaban J connectivity index is 2.41. The maximum atomic E-state index is 11.4. The van der Waals surface area contributed by atoms with Crippen LogP contribution < -0.4 is 11.3 Å². The lowest BCUT2D eigenvalue weighted by Crippen LogP contribution is -2.17. The Morgan fingerprint density at radius 3 is 3.00 bits per heavy atom. The second kappa shape index (κ2) is 4.77. The minimum atomic E-state index is -0.124. The van der Waals surface area contributed by atoms with E-state index in [1.165, 1.54) is 34.8 Å². The van der Waals surface area contributed by atoms with Gasteiger partial charge in [-0.25, -0.2) is 9.97 Å². The molecule has 17 heavy (non-hydrogen) atoms. The van der Waals surface area contributed by atoms with Gasteiger partial charge < -0.3 is 5.73 Å². The Bertz CT molecular complexity index is 613. The van der Waals surface area contributed by atoms with Crippen molar-refractivity contribution in [2.75, 3.05) is 5.73 Å². The molecule has 0 saturated heterocycles. The molecule has 2 aromatic heterocycles. The summed E-state index contributed by atoms with van der Waals surface area (Å²) < 4.78 is 1.44. The van der Waals surface area contributed by atoms with E-state index in [0.717, 1.165) is 0 Å². The number of pyridine rings is 1. The first-order valence-corrected chi connectivity index (χ1v) is 5.88. The van der Waals surface area contributed by atoms with Crippen molar-refractivity contribution in [3.63, 3.8) is 0 Å². The zero-order chi connectivity index (χ0) is 12.4. The fraction of sp³-hybridized carbons (Fsp3) is 0.100. The minimum Gasteiger partial charge on any atom is -0.384 e. The van der Waals surface area contributed by atoms with Crippen molar-refractivity contribution in [2.24, 2.45) is 7.05 Å². The Morgan fingerprint density at radius 2 is 2.24 bits per heavy atom. The van der Waals surface area contributed by atoms with Crippen molar-refractivity contribution >= 4 is 29.2 Å². The molecule has 0 bridgehead atoms. The molecular weight excluding hydrogens is 260 g/mol. The van der Waals surface area contributed by atoms with Gasteiger partial charge in [-0.05, 0) is 17.8 Å². The number of nitrogen functional groups attached to an aromatic ring is 1. The van der Waals surface area contributed by atoms with Gasteiger partial charge in [-0.3, -0.25) is 9.36 Å². The van der Waals surface area contributed by atoms with Crippen LogP contribution in [-0.4, -0.2) is 14.5 Å². The Hall–Kier alpha value is -1.53. The highest BCUT2D eigenvalue weighted by Crippen LogP contribution is 2.31. The van der Waals surface area contributed by atoms with Gasteiger partial charge in [0.1, 0.15) is 5.82 Å². The third-order valence-electron chi connectivity index (χ3n) is 2.06. The van der Waals surface area contributed by atoms with Gasteiger partial charge in [0.2, 0.25) is 0 Å². The largest absolute Gasteiger partial charge is 0.384 e. The molecule has 2 aromatic rings. The van der Waals surface area contributed by atoms with Crippen LogP contribution in [0.25, 0.3) is 0 Å². The fourth-order valence-corrected chi connectivity index (χ4v) is 2.25. The van der Waals surface area contributed by atoms with Crippen molar-refractivity contribution in [1.82, 2.24) is 14.5 Å². The lowest BCUT2D eigenvalue weighted by atomic mass is 10.5. The van der Waals surface area contributed by atoms with Gasteiger partial charge in [0.05, 0.1) is 5.02 Å². The van der Waals surface area contributed by atoms with Gasteiger partial charge in [0.25, 0.3) is 5.56 Å². The number of anilines is 1. The van der Waals surface area contributed by atoms with Crippen LogP contribution in [0.2, 0.25) is 5.02 Å². The molecule has 0 fully saturated rings. The third kappa shape index (κ3) is 2.59.